The third-order valence-electron chi connectivity index (χ3n) is 6.93. The molecule has 2 aliphatic heterocycles. The molecule has 7 heteroatoms. The number of nitrogens with zero attached hydrogens (tertiary/aromatic N) is 2. The molecule has 0 spiro atoms. The normalized spacial score (nSPS) is 21.5. The van der Waals surface area contributed by atoms with Crippen molar-refractivity contribution in [3.05, 3.63) is 29.3 Å². The van der Waals surface area contributed by atoms with Crippen molar-refractivity contribution < 1.29 is 13.2 Å². The van der Waals surface area contributed by atoms with Gasteiger partial charge in [0.05, 0.1) is 4.90 Å². The summed E-state index contributed by atoms with van der Waals surface area (Å²) < 4.78 is 27.8. The first-order chi connectivity index (χ1) is 14.5. The van der Waals surface area contributed by atoms with E-state index in [1.807, 2.05) is 12.1 Å². The van der Waals surface area contributed by atoms with Crippen LogP contribution < -0.4 is 5.32 Å². The summed E-state index contributed by atoms with van der Waals surface area (Å²) in [6.07, 6.45) is 9.11. The van der Waals surface area contributed by atoms with Gasteiger partial charge in [0.1, 0.15) is 0 Å². The van der Waals surface area contributed by atoms with Gasteiger partial charge >= 0.3 is 0 Å². The van der Waals surface area contributed by atoms with E-state index >= 15 is 0 Å². The highest BCUT2D eigenvalue weighted by atomic mass is 32.2. The number of carbonyl (C=O) groups excluding carboxylic acids is 1. The summed E-state index contributed by atoms with van der Waals surface area (Å²) in [5.74, 6) is 0.00835. The van der Waals surface area contributed by atoms with E-state index in [1.54, 1.807) is 10.4 Å². The summed E-state index contributed by atoms with van der Waals surface area (Å²) in [6.45, 7) is 4.98. The fourth-order valence-electron chi connectivity index (χ4n) is 5.04. The summed E-state index contributed by atoms with van der Waals surface area (Å²) >= 11 is 0. The minimum atomic E-state index is -3.48. The largest absolute Gasteiger partial charge is 0.356 e. The van der Waals surface area contributed by atoms with Gasteiger partial charge in [-0.3, -0.25) is 4.79 Å². The van der Waals surface area contributed by atoms with Gasteiger partial charge in [0.2, 0.25) is 15.9 Å². The number of piperidine rings is 1. The van der Waals surface area contributed by atoms with Gasteiger partial charge in [-0.2, -0.15) is 4.31 Å². The molecule has 1 amide bonds. The minimum absolute atomic E-state index is 0.0771. The minimum Gasteiger partial charge on any atom is -0.356 e. The second kappa shape index (κ2) is 9.79. The lowest BCUT2D eigenvalue weighted by Crippen LogP contribution is -2.43. The molecule has 1 aliphatic carbocycles. The first-order valence-electron chi connectivity index (χ1n) is 11.7. The maximum absolute atomic E-state index is 13.1. The fraction of sp³-hybridized carbons (Fsp3) is 0.696. The SMILES string of the molecule is O=C(NCCCN1CCCC1)C1CCN(S(=O)(=O)c2ccc3c(c2)CCCC3)CC1. The van der Waals surface area contributed by atoms with E-state index in [1.165, 1.54) is 43.5 Å². The molecular weight excluding hydrogens is 398 g/mol. The van der Waals surface area contributed by atoms with Crippen LogP contribution in [-0.2, 0) is 27.7 Å². The molecule has 0 bridgehead atoms. The number of nitrogens with one attached hydrogen (secondary N) is 1. The number of hydrogen-bond donors (Lipinski definition) is 1. The predicted molar refractivity (Wildman–Crippen MR) is 118 cm³/mol. The van der Waals surface area contributed by atoms with Crippen LogP contribution in [0.2, 0.25) is 0 Å². The zero-order valence-corrected chi connectivity index (χ0v) is 18.8. The Morgan fingerprint density at radius 3 is 2.40 bits per heavy atom. The highest BCUT2D eigenvalue weighted by molar-refractivity contribution is 7.89. The van der Waals surface area contributed by atoms with Crippen LogP contribution in [0.3, 0.4) is 0 Å². The summed E-state index contributed by atoms with van der Waals surface area (Å²) in [5, 5.41) is 3.06. The Morgan fingerprint density at radius 2 is 1.67 bits per heavy atom. The standard InChI is InChI=1S/C23H35N3O3S/c27-23(24-12-5-15-25-13-3-4-14-25)20-10-16-26(17-11-20)30(28,29)22-9-8-19-6-1-2-7-21(19)18-22/h8-9,18,20H,1-7,10-17H2,(H,24,27). The number of rotatable bonds is 7. The van der Waals surface area contributed by atoms with E-state index in [2.05, 4.69) is 10.2 Å². The van der Waals surface area contributed by atoms with Gasteiger partial charge in [-0.15, -0.1) is 0 Å². The summed E-state index contributed by atoms with van der Waals surface area (Å²) in [6, 6.07) is 5.63. The van der Waals surface area contributed by atoms with Crippen molar-refractivity contribution in [1.82, 2.24) is 14.5 Å². The van der Waals surface area contributed by atoms with Crippen LogP contribution >= 0.6 is 0 Å². The van der Waals surface area contributed by atoms with Crippen LogP contribution in [0.15, 0.2) is 23.1 Å². The van der Waals surface area contributed by atoms with E-state index < -0.39 is 10.0 Å². The molecule has 6 nitrogen and oxygen atoms in total. The zero-order chi connectivity index (χ0) is 21.0. The van der Waals surface area contributed by atoms with Gasteiger partial charge in [-0.1, -0.05) is 6.07 Å². The molecule has 4 rings (SSSR count). The van der Waals surface area contributed by atoms with Crippen molar-refractivity contribution in [1.29, 1.82) is 0 Å². The Hall–Kier alpha value is -1.44. The van der Waals surface area contributed by atoms with Gasteiger partial charge in [0.15, 0.2) is 0 Å². The Kier molecular flexibility index (Phi) is 7.11. The predicted octanol–water partition coefficient (Wildman–Crippen LogP) is 2.57. The lowest BCUT2D eigenvalue weighted by molar-refractivity contribution is -0.126. The molecular formula is C23H35N3O3S. The van der Waals surface area contributed by atoms with Gasteiger partial charge < -0.3 is 10.2 Å². The summed E-state index contributed by atoms with van der Waals surface area (Å²) in [7, 11) is -3.48. The molecule has 1 N–H and O–H groups in total. The number of carbonyl (C=O) groups is 1. The van der Waals surface area contributed by atoms with Crippen LogP contribution in [0.5, 0.6) is 0 Å². The molecule has 0 saturated carbocycles. The molecule has 1 aromatic rings. The van der Waals surface area contributed by atoms with E-state index in [0.29, 0.717) is 37.4 Å². The Balaban J connectivity index is 1.25. The monoisotopic (exact) mass is 433 g/mol. The quantitative estimate of drug-likeness (QED) is 0.671. The number of aryl methyl sites for hydroxylation is 2. The maximum atomic E-state index is 13.1. The number of fused-ring (bicyclic) bond motifs is 1. The first-order valence-corrected chi connectivity index (χ1v) is 13.1. The Labute approximate surface area is 181 Å². The van der Waals surface area contributed by atoms with Crippen molar-refractivity contribution in [2.75, 3.05) is 39.3 Å². The van der Waals surface area contributed by atoms with Crippen LogP contribution in [0.1, 0.15) is 56.1 Å². The average Bonchev–Trinajstić information content (AvgIpc) is 3.30. The average molecular weight is 434 g/mol. The van der Waals surface area contributed by atoms with E-state index in [4.69, 9.17) is 0 Å². The smallest absolute Gasteiger partial charge is 0.243 e. The molecule has 166 valence electrons. The lowest BCUT2D eigenvalue weighted by atomic mass is 9.92. The van der Waals surface area contributed by atoms with Crippen LogP contribution in [0.25, 0.3) is 0 Å². The van der Waals surface area contributed by atoms with Gasteiger partial charge in [-0.25, -0.2) is 8.42 Å². The van der Waals surface area contributed by atoms with Crippen molar-refractivity contribution in [2.24, 2.45) is 5.92 Å². The van der Waals surface area contributed by atoms with Crippen molar-refractivity contribution >= 4 is 15.9 Å². The van der Waals surface area contributed by atoms with Crippen molar-refractivity contribution in [3.8, 4) is 0 Å². The van der Waals surface area contributed by atoms with Crippen LogP contribution in [0.4, 0.5) is 0 Å². The molecule has 2 fully saturated rings. The number of likely N-dealkylation sites (tertiary alicyclic amines) is 1. The molecule has 1 aromatic carbocycles. The highest BCUT2D eigenvalue weighted by Crippen LogP contribution is 2.28. The third kappa shape index (κ3) is 5.06. The third-order valence-corrected chi connectivity index (χ3v) is 8.83. The van der Waals surface area contributed by atoms with Gasteiger partial charge in [0.25, 0.3) is 0 Å². The number of amides is 1. The molecule has 2 heterocycles. The van der Waals surface area contributed by atoms with Gasteiger partial charge in [-0.05, 0) is 101 Å². The van der Waals surface area contributed by atoms with Crippen molar-refractivity contribution in [3.63, 3.8) is 0 Å². The van der Waals surface area contributed by atoms with Crippen molar-refractivity contribution in [2.45, 2.75) is 62.7 Å². The second-order valence-electron chi connectivity index (χ2n) is 9.01. The first kappa shape index (κ1) is 21.8. The van der Waals surface area contributed by atoms with E-state index in [0.717, 1.165) is 32.2 Å². The molecule has 0 atom stereocenters. The fourth-order valence-corrected chi connectivity index (χ4v) is 6.56. The second-order valence-corrected chi connectivity index (χ2v) is 10.9. The molecule has 0 aromatic heterocycles. The zero-order valence-electron chi connectivity index (χ0n) is 17.9. The molecule has 2 saturated heterocycles. The molecule has 3 aliphatic rings. The van der Waals surface area contributed by atoms with E-state index in [-0.39, 0.29) is 11.8 Å². The molecule has 30 heavy (non-hydrogen) atoms. The summed E-state index contributed by atoms with van der Waals surface area (Å²) in [4.78, 5) is 15.4. The molecule has 0 unspecified atom stereocenters. The maximum Gasteiger partial charge on any atom is 0.243 e. The number of sulfonamides is 1. The number of benzene rings is 1. The van der Waals surface area contributed by atoms with Gasteiger partial charge in [0, 0.05) is 25.6 Å². The highest BCUT2D eigenvalue weighted by Gasteiger charge is 2.32. The Bertz CT molecular complexity index is 841. The molecule has 0 radical (unpaired) electrons. The Morgan fingerprint density at radius 1 is 0.967 bits per heavy atom. The lowest BCUT2D eigenvalue weighted by Gasteiger charge is -2.31. The summed E-state index contributed by atoms with van der Waals surface area (Å²) in [5.41, 5.74) is 2.48. The van der Waals surface area contributed by atoms with Crippen LogP contribution in [-0.4, -0.2) is 62.8 Å². The van der Waals surface area contributed by atoms with Crippen LogP contribution in [0, 0.1) is 5.92 Å². The number of hydrogen-bond acceptors (Lipinski definition) is 4. The van der Waals surface area contributed by atoms with E-state index in [9.17, 15) is 13.2 Å². The topological polar surface area (TPSA) is 69.7 Å².